The first-order valence-corrected chi connectivity index (χ1v) is 8.16. The van der Waals surface area contributed by atoms with Crippen molar-refractivity contribution >= 4 is 23.2 Å². The van der Waals surface area contributed by atoms with Gasteiger partial charge in [-0.2, -0.15) is 11.3 Å². The van der Waals surface area contributed by atoms with Crippen LogP contribution in [0, 0.1) is 0 Å². The quantitative estimate of drug-likeness (QED) is 0.946. The minimum absolute atomic E-state index is 0.102. The summed E-state index contributed by atoms with van der Waals surface area (Å²) in [6.45, 7) is 3.10. The van der Waals surface area contributed by atoms with E-state index < -0.39 is 5.97 Å². The highest BCUT2D eigenvalue weighted by molar-refractivity contribution is 7.08. The molecule has 1 aromatic carbocycles. The monoisotopic (exact) mass is 315 g/mol. The molecule has 0 aliphatic carbocycles. The van der Waals surface area contributed by atoms with E-state index in [-0.39, 0.29) is 17.4 Å². The minimum atomic E-state index is -0.933. The van der Waals surface area contributed by atoms with Crippen molar-refractivity contribution in [1.29, 1.82) is 0 Å². The summed E-state index contributed by atoms with van der Waals surface area (Å²) in [5, 5.41) is 13.1. The van der Waals surface area contributed by atoms with E-state index in [4.69, 9.17) is 5.11 Å². The van der Waals surface area contributed by atoms with Gasteiger partial charge in [0.15, 0.2) is 0 Å². The molecule has 0 saturated heterocycles. The first-order valence-electron chi connectivity index (χ1n) is 7.22. The number of hydrogen-bond donors (Lipinski definition) is 1. The molecule has 5 heteroatoms. The van der Waals surface area contributed by atoms with Crippen LogP contribution in [-0.4, -0.2) is 28.4 Å². The molecule has 4 nitrogen and oxygen atoms in total. The average Bonchev–Trinajstić information content (AvgIpc) is 3.06. The molecule has 3 rings (SSSR count). The number of carbonyl (C=O) groups excluding carboxylic acids is 1. The molecule has 0 bridgehead atoms. The number of aromatic carboxylic acids is 1. The number of rotatable bonds is 3. The van der Waals surface area contributed by atoms with Crippen molar-refractivity contribution < 1.29 is 14.7 Å². The molecule has 1 atom stereocenters. The zero-order valence-electron chi connectivity index (χ0n) is 12.3. The fourth-order valence-corrected chi connectivity index (χ4v) is 3.57. The Kier molecular flexibility index (Phi) is 3.98. The highest BCUT2D eigenvalue weighted by atomic mass is 32.1. The third-order valence-electron chi connectivity index (χ3n) is 4.19. The molecule has 0 saturated carbocycles. The van der Waals surface area contributed by atoms with Gasteiger partial charge in [0.1, 0.15) is 0 Å². The first kappa shape index (κ1) is 14.8. The van der Waals surface area contributed by atoms with Crippen LogP contribution in [0.15, 0.2) is 35.0 Å². The van der Waals surface area contributed by atoms with Crippen LogP contribution in [0.4, 0.5) is 0 Å². The second kappa shape index (κ2) is 5.93. The zero-order chi connectivity index (χ0) is 15.7. The summed E-state index contributed by atoms with van der Waals surface area (Å²) in [6, 6.07) is 7.16. The smallest absolute Gasteiger partial charge is 0.335 e. The maximum absolute atomic E-state index is 12.6. The molecule has 22 heavy (non-hydrogen) atoms. The van der Waals surface area contributed by atoms with E-state index in [0.717, 1.165) is 23.1 Å². The maximum atomic E-state index is 12.6. The van der Waals surface area contributed by atoms with Crippen molar-refractivity contribution in [3.05, 3.63) is 57.3 Å². The van der Waals surface area contributed by atoms with Gasteiger partial charge < -0.3 is 10.0 Å². The van der Waals surface area contributed by atoms with Gasteiger partial charge in [-0.05, 0) is 59.0 Å². The van der Waals surface area contributed by atoms with Crippen LogP contribution in [0.5, 0.6) is 0 Å². The minimum Gasteiger partial charge on any atom is -0.478 e. The predicted octanol–water partition coefficient (Wildman–Crippen LogP) is 3.13. The number of hydrogen-bond acceptors (Lipinski definition) is 3. The molecular weight excluding hydrogens is 298 g/mol. The van der Waals surface area contributed by atoms with Crippen molar-refractivity contribution in [3.63, 3.8) is 0 Å². The number of fused-ring (bicyclic) bond motifs is 1. The van der Waals surface area contributed by atoms with E-state index in [0.29, 0.717) is 13.1 Å². The van der Waals surface area contributed by atoms with Crippen LogP contribution in [0.3, 0.4) is 0 Å². The van der Waals surface area contributed by atoms with E-state index >= 15 is 0 Å². The van der Waals surface area contributed by atoms with Crippen molar-refractivity contribution in [2.45, 2.75) is 25.8 Å². The highest BCUT2D eigenvalue weighted by Gasteiger charge is 2.26. The van der Waals surface area contributed by atoms with Gasteiger partial charge >= 0.3 is 5.97 Å². The van der Waals surface area contributed by atoms with Gasteiger partial charge in [0.05, 0.1) is 11.5 Å². The molecule has 1 unspecified atom stereocenters. The average molecular weight is 315 g/mol. The second-order valence-corrected chi connectivity index (χ2v) is 6.36. The lowest BCUT2D eigenvalue weighted by Gasteiger charge is -2.31. The molecule has 1 aliphatic heterocycles. The van der Waals surface area contributed by atoms with Gasteiger partial charge in [0.2, 0.25) is 5.91 Å². The molecule has 1 aliphatic rings. The van der Waals surface area contributed by atoms with Gasteiger partial charge in [0, 0.05) is 13.1 Å². The Morgan fingerprint density at radius 1 is 1.27 bits per heavy atom. The normalized spacial score (nSPS) is 15.2. The van der Waals surface area contributed by atoms with Crippen LogP contribution >= 0.6 is 11.3 Å². The number of carboxylic acid groups (broad SMARTS) is 1. The summed E-state index contributed by atoms with van der Waals surface area (Å²) in [7, 11) is 0. The molecule has 1 aromatic heterocycles. The number of benzene rings is 1. The molecule has 114 valence electrons. The Morgan fingerprint density at radius 2 is 2.09 bits per heavy atom. The summed E-state index contributed by atoms with van der Waals surface area (Å²) in [4.78, 5) is 25.6. The van der Waals surface area contributed by atoms with E-state index in [9.17, 15) is 9.59 Å². The fraction of sp³-hybridized carbons (Fsp3) is 0.294. The highest BCUT2D eigenvalue weighted by Crippen LogP contribution is 2.25. The van der Waals surface area contributed by atoms with Crippen molar-refractivity contribution in [1.82, 2.24) is 4.90 Å². The lowest BCUT2D eigenvalue weighted by atomic mass is 9.95. The number of carbonyl (C=O) groups is 2. The van der Waals surface area contributed by atoms with Crippen molar-refractivity contribution in [2.24, 2.45) is 0 Å². The molecule has 1 amide bonds. The van der Waals surface area contributed by atoms with Crippen LogP contribution < -0.4 is 0 Å². The number of nitrogens with zero attached hydrogens (tertiary/aromatic N) is 1. The lowest BCUT2D eigenvalue weighted by molar-refractivity contribution is -0.133. The Labute approximate surface area is 133 Å². The van der Waals surface area contributed by atoms with Gasteiger partial charge in [-0.25, -0.2) is 4.79 Å². The summed E-state index contributed by atoms with van der Waals surface area (Å²) >= 11 is 1.59. The third kappa shape index (κ3) is 2.76. The molecule has 2 aromatic rings. The number of amides is 1. The van der Waals surface area contributed by atoms with Crippen molar-refractivity contribution in [3.8, 4) is 0 Å². The van der Waals surface area contributed by atoms with Crippen LogP contribution in [0.1, 0.15) is 39.9 Å². The summed E-state index contributed by atoms with van der Waals surface area (Å²) < 4.78 is 0. The summed E-state index contributed by atoms with van der Waals surface area (Å²) in [5.41, 5.74) is 3.40. The lowest BCUT2D eigenvalue weighted by Crippen LogP contribution is -2.38. The van der Waals surface area contributed by atoms with E-state index in [2.05, 4.69) is 0 Å². The van der Waals surface area contributed by atoms with Crippen molar-refractivity contribution in [2.75, 3.05) is 6.54 Å². The Balaban J connectivity index is 1.80. The third-order valence-corrected chi connectivity index (χ3v) is 4.89. The van der Waals surface area contributed by atoms with E-state index in [1.807, 2.05) is 34.7 Å². The fourth-order valence-electron chi connectivity index (χ4n) is 2.82. The number of thiophene rings is 1. The van der Waals surface area contributed by atoms with Crippen LogP contribution in [-0.2, 0) is 17.8 Å². The predicted molar refractivity (Wildman–Crippen MR) is 85.3 cm³/mol. The Hall–Kier alpha value is -2.14. The van der Waals surface area contributed by atoms with E-state index in [1.54, 1.807) is 23.5 Å². The molecule has 0 fully saturated rings. The van der Waals surface area contributed by atoms with E-state index in [1.165, 1.54) is 0 Å². The Morgan fingerprint density at radius 3 is 2.77 bits per heavy atom. The number of carboxylic acids is 1. The maximum Gasteiger partial charge on any atom is 0.335 e. The Bertz CT molecular complexity index is 709. The van der Waals surface area contributed by atoms with Gasteiger partial charge in [-0.15, -0.1) is 0 Å². The van der Waals surface area contributed by atoms with Gasteiger partial charge in [0.25, 0.3) is 0 Å². The SMILES string of the molecule is CC(C(=O)N1CCc2ccc(C(=O)O)cc2C1)c1ccsc1. The van der Waals surface area contributed by atoms with Crippen LogP contribution in [0.2, 0.25) is 0 Å². The largest absolute Gasteiger partial charge is 0.478 e. The zero-order valence-corrected chi connectivity index (χ0v) is 13.1. The topological polar surface area (TPSA) is 57.6 Å². The molecule has 0 spiro atoms. The molecule has 1 N–H and O–H groups in total. The molecular formula is C17H17NO3S. The van der Waals surface area contributed by atoms with Gasteiger partial charge in [-0.1, -0.05) is 6.07 Å². The molecule has 0 radical (unpaired) electrons. The van der Waals surface area contributed by atoms with Crippen LogP contribution in [0.25, 0.3) is 0 Å². The molecule has 2 heterocycles. The summed E-state index contributed by atoms with van der Waals surface area (Å²) in [5.74, 6) is -0.988. The second-order valence-electron chi connectivity index (χ2n) is 5.58. The first-order chi connectivity index (χ1) is 10.6. The summed E-state index contributed by atoms with van der Waals surface area (Å²) in [6.07, 6.45) is 0.775. The van der Waals surface area contributed by atoms with Gasteiger partial charge in [-0.3, -0.25) is 4.79 Å². The standard InChI is InChI=1S/C17H17NO3S/c1-11(14-5-7-22-10-14)16(19)18-6-4-12-2-3-13(17(20)21)8-15(12)9-18/h2-3,5,7-8,10-11H,4,6,9H2,1H3,(H,20,21).